The smallest absolute Gasteiger partial charge is 0.240 e. The van der Waals surface area contributed by atoms with E-state index in [-0.39, 0.29) is 17.9 Å². The van der Waals surface area contributed by atoms with Crippen LogP contribution in [0.3, 0.4) is 0 Å². The molecular formula is C18H30N4O2. The molecule has 134 valence electrons. The molecule has 1 aromatic heterocycles. The molecule has 1 aromatic rings. The molecule has 24 heavy (non-hydrogen) atoms. The third-order valence-electron chi connectivity index (χ3n) is 5.34. The van der Waals surface area contributed by atoms with Crippen LogP contribution in [0.2, 0.25) is 0 Å². The summed E-state index contributed by atoms with van der Waals surface area (Å²) < 4.78 is 7.67. The van der Waals surface area contributed by atoms with E-state index in [0.29, 0.717) is 12.6 Å². The number of hydrogen-bond acceptors (Lipinski definition) is 4. The van der Waals surface area contributed by atoms with Crippen molar-refractivity contribution in [1.29, 1.82) is 0 Å². The standard InChI is InChI=1S/C18H30N4O2/c1-12(2)17(20-15-5-9-24-10-6-15)18(23)21-7-8-22-14(4)13(3)19-16(22)11-21/h12,15,17,20H,5-11H2,1-4H3. The number of nitrogens with zero attached hydrogens (tertiary/aromatic N) is 3. The maximum Gasteiger partial charge on any atom is 0.240 e. The van der Waals surface area contributed by atoms with Gasteiger partial charge in [-0.25, -0.2) is 4.98 Å². The molecule has 3 heterocycles. The molecule has 1 atom stereocenters. The number of amides is 1. The predicted octanol–water partition coefficient (Wildman–Crippen LogP) is 1.64. The lowest BCUT2D eigenvalue weighted by Gasteiger charge is -2.35. The summed E-state index contributed by atoms with van der Waals surface area (Å²) in [6.07, 6.45) is 1.97. The average molecular weight is 334 g/mol. The van der Waals surface area contributed by atoms with E-state index in [1.165, 1.54) is 5.69 Å². The van der Waals surface area contributed by atoms with Crippen LogP contribution < -0.4 is 5.32 Å². The summed E-state index contributed by atoms with van der Waals surface area (Å²) in [6.45, 7) is 12.2. The number of rotatable bonds is 4. The molecule has 0 spiro atoms. The molecular weight excluding hydrogens is 304 g/mol. The summed E-state index contributed by atoms with van der Waals surface area (Å²) in [5.74, 6) is 1.49. The second-order valence-electron chi connectivity index (χ2n) is 7.39. The number of carbonyl (C=O) groups is 1. The number of hydrogen-bond donors (Lipinski definition) is 1. The highest BCUT2D eigenvalue weighted by atomic mass is 16.5. The average Bonchev–Trinajstić information content (AvgIpc) is 2.86. The zero-order valence-electron chi connectivity index (χ0n) is 15.3. The maximum atomic E-state index is 13.1. The minimum Gasteiger partial charge on any atom is -0.381 e. The van der Waals surface area contributed by atoms with Gasteiger partial charge in [0.25, 0.3) is 0 Å². The van der Waals surface area contributed by atoms with Crippen molar-refractivity contribution in [2.24, 2.45) is 5.92 Å². The van der Waals surface area contributed by atoms with Gasteiger partial charge >= 0.3 is 0 Å². The first-order chi connectivity index (χ1) is 11.5. The Morgan fingerprint density at radius 3 is 2.62 bits per heavy atom. The Kier molecular flexibility index (Phi) is 5.25. The number of aromatic nitrogens is 2. The van der Waals surface area contributed by atoms with Crippen molar-refractivity contribution in [3.63, 3.8) is 0 Å². The molecule has 2 aliphatic rings. The molecule has 3 rings (SSSR count). The summed E-state index contributed by atoms with van der Waals surface area (Å²) in [7, 11) is 0. The molecule has 0 aromatic carbocycles. The maximum absolute atomic E-state index is 13.1. The van der Waals surface area contributed by atoms with Crippen LogP contribution in [0.4, 0.5) is 0 Å². The van der Waals surface area contributed by atoms with Gasteiger partial charge in [0, 0.05) is 38.0 Å². The SMILES string of the molecule is Cc1nc2n(c1C)CCN(C(=O)C(NC1CCOCC1)C(C)C)C2. The van der Waals surface area contributed by atoms with E-state index in [0.717, 1.165) is 50.7 Å². The summed E-state index contributed by atoms with van der Waals surface area (Å²) >= 11 is 0. The van der Waals surface area contributed by atoms with Crippen LogP contribution in [0, 0.1) is 19.8 Å². The third-order valence-corrected chi connectivity index (χ3v) is 5.34. The van der Waals surface area contributed by atoms with Crippen LogP contribution in [0.25, 0.3) is 0 Å². The Hall–Kier alpha value is -1.40. The summed E-state index contributed by atoms with van der Waals surface area (Å²) in [5.41, 5.74) is 2.29. The highest BCUT2D eigenvalue weighted by Crippen LogP contribution is 2.19. The first-order valence-corrected chi connectivity index (χ1v) is 9.12. The lowest BCUT2D eigenvalue weighted by atomic mass is 9.99. The zero-order chi connectivity index (χ0) is 17.3. The van der Waals surface area contributed by atoms with Gasteiger partial charge < -0.3 is 19.5 Å². The number of carbonyl (C=O) groups excluding carboxylic acids is 1. The third kappa shape index (κ3) is 3.49. The Bertz CT molecular complexity index is 590. The van der Waals surface area contributed by atoms with Gasteiger partial charge in [-0.05, 0) is 32.6 Å². The van der Waals surface area contributed by atoms with E-state index in [1.54, 1.807) is 0 Å². The van der Waals surface area contributed by atoms with Gasteiger partial charge in [-0.1, -0.05) is 13.8 Å². The Morgan fingerprint density at radius 1 is 1.25 bits per heavy atom. The van der Waals surface area contributed by atoms with E-state index < -0.39 is 0 Å². The van der Waals surface area contributed by atoms with Crippen molar-refractivity contribution in [2.75, 3.05) is 19.8 Å². The molecule has 1 saturated heterocycles. The number of nitrogens with one attached hydrogen (secondary N) is 1. The lowest BCUT2D eigenvalue weighted by molar-refractivity contribution is -0.136. The minimum atomic E-state index is -0.128. The summed E-state index contributed by atoms with van der Waals surface area (Å²) in [4.78, 5) is 19.7. The molecule has 2 aliphatic heterocycles. The van der Waals surface area contributed by atoms with Gasteiger partial charge in [-0.3, -0.25) is 4.79 Å². The normalized spacial score (nSPS) is 20.3. The summed E-state index contributed by atoms with van der Waals surface area (Å²) in [6, 6.07) is 0.253. The molecule has 6 heteroatoms. The van der Waals surface area contributed by atoms with Crippen molar-refractivity contribution in [3.8, 4) is 0 Å². The second-order valence-corrected chi connectivity index (χ2v) is 7.39. The molecule has 1 fully saturated rings. The summed E-state index contributed by atoms with van der Waals surface area (Å²) in [5, 5.41) is 3.59. The van der Waals surface area contributed by atoms with Gasteiger partial charge in [-0.15, -0.1) is 0 Å². The number of ether oxygens (including phenoxy) is 1. The monoisotopic (exact) mass is 334 g/mol. The van der Waals surface area contributed by atoms with Crippen molar-refractivity contribution >= 4 is 5.91 Å². The fourth-order valence-corrected chi connectivity index (χ4v) is 3.66. The van der Waals surface area contributed by atoms with E-state index in [9.17, 15) is 4.79 Å². The van der Waals surface area contributed by atoms with Gasteiger partial charge in [0.15, 0.2) is 0 Å². The fraction of sp³-hybridized carbons (Fsp3) is 0.778. The molecule has 1 unspecified atom stereocenters. The van der Waals surface area contributed by atoms with Crippen LogP contribution in [0.5, 0.6) is 0 Å². The first-order valence-electron chi connectivity index (χ1n) is 9.12. The molecule has 6 nitrogen and oxygen atoms in total. The Balaban J connectivity index is 1.69. The lowest BCUT2D eigenvalue weighted by Crippen LogP contribution is -2.54. The first kappa shape index (κ1) is 17.4. The zero-order valence-corrected chi connectivity index (χ0v) is 15.3. The number of aryl methyl sites for hydroxylation is 1. The van der Waals surface area contributed by atoms with Crippen molar-refractivity contribution in [1.82, 2.24) is 19.8 Å². The number of fused-ring (bicyclic) bond motifs is 1. The van der Waals surface area contributed by atoms with Gasteiger partial charge in [-0.2, -0.15) is 0 Å². The Labute approximate surface area is 144 Å². The van der Waals surface area contributed by atoms with Crippen LogP contribution >= 0.6 is 0 Å². The predicted molar refractivity (Wildman–Crippen MR) is 92.7 cm³/mol. The highest BCUT2D eigenvalue weighted by Gasteiger charge is 2.32. The molecule has 0 radical (unpaired) electrons. The van der Waals surface area contributed by atoms with Crippen molar-refractivity contribution in [3.05, 3.63) is 17.2 Å². The molecule has 0 saturated carbocycles. The largest absolute Gasteiger partial charge is 0.381 e. The van der Waals surface area contributed by atoms with Crippen molar-refractivity contribution in [2.45, 2.75) is 65.7 Å². The van der Waals surface area contributed by atoms with Gasteiger partial charge in [0.05, 0.1) is 18.3 Å². The fourth-order valence-electron chi connectivity index (χ4n) is 3.66. The van der Waals surface area contributed by atoms with E-state index in [2.05, 4.69) is 35.6 Å². The van der Waals surface area contributed by atoms with E-state index in [1.807, 2.05) is 11.8 Å². The second kappa shape index (κ2) is 7.23. The van der Waals surface area contributed by atoms with Gasteiger partial charge in [0.2, 0.25) is 5.91 Å². The minimum absolute atomic E-state index is 0.128. The van der Waals surface area contributed by atoms with E-state index >= 15 is 0 Å². The molecule has 1 amide bonds. The molecule has 0 aliphatic carbocycles. The van der Waals surface area contributed by atoms with Crippen LogP contribution in [0.1, 0.15) is 43.9 Å². The highest BCUT2D eigenvalue weighted by molar-refractivity contribution is 5.82. The topological polar surface area (TPSA) is 59.4 Å². The van der Waals surface area contributed by atoms with Crippen LogP contribution in [-0.4, -0.2) is 52.2 Å². The van der Waals surface area contributed by atoms with Crippen LogP contribution in [0.15, 0.2) is 0 Å². The Morgan fingerprint density at radius 2 is 1.96 bits per heavy atom. The molecule has 0 bridgehead atoms. The van der Waals surface area contributed by atoms with Crippen molar-refractivity contribution < 1.29 is 9.53 Å². The molecule has 1 N–H and O–H groups in total. The van der Waals surface area contributed by atoms with Crippen LogP contribution in [-0.2, 0) is 22.6 Å². The van der Waals surface area contributed by atoms with E-state index in [4.69, 9.17) is 4.74 Å². The number of imidazole rings is 1. The quantitative estimate of drug-likeness (QED) is 0.909. The van der Waals surface area contributed by atoms with Gasteiger partial charge in [0.1, 0.15) is 5.82 Å².